The van der Waals surface area contributed by atoms with Gasteiger partial charge in [-0.3, -0.25) is 14.2 Å². The molecule has 1 N–H and O–H groups in total. The SMILES string of the molecule is CCCC(Sc1nc(COC)c(Cc2ccccc2)c(=O)n1C)C(=O)NCCC(C)C. The molecule has 0 aliphatic heterocycles. The first kappa shape index (κ1) is 25.1. The molecule has 0 fully saturated rings. The molecule has 1 atom stereocenters. The van der Waals surface area contributed by atoms with Gasteiger partial charge in [-0.05, 0) is 24.3 Å². The van der Waals surface area contributed by atoms with Crippen LogP contribution in [-0.2, 0) is 29.6 Å². The molecule has 2 aromatic rings. The van der Waals surface area contributed by atoms with Crippen LogP contribution in [-0.4, -0.2) is 34.4 Å². The third-order valence-corrected chi connectivity index (χ3v) is 6.36. The summed E-state index contributed by atoms with van der Waals surface area (Å²) in [6.07, 6.45) is 3.04. The smallest absolute Gasteiger partial charge is 0.257 e. The minimum atomic E-state index is -0.286. The summed E-state index contributed by atoms with van der Waals surface area (Å²) in [4.78, 5) is 30.7. The number of aromatic nitrogens is 2. The van der Waals surface area contributed by atoms with Gasteiger partial charge in [-0.15, -0.1) is 0 Å². The molecule has 1 aromatic carbocycles. The van der Waals surface area contributed by atoms with Crippen LogP contribution in [0.2, 0.25) is 0 Å². The Balaban J connectivity index is 2.30. The van der Waals surface area contributed by atoms with Crippen molar-refractivity contribution in [2.45, 2.75) is 63.5 Å². The first-order chi connectivity index (χ1) is 14.9. The predicted octanol–water partition coefficient (Wildman–Crippen LogP) is 3.94. The van der Waals surface area contributed by atoms with E-state index in [9.17, 15) is 9.59 Å². The highest BCUT2D eigenvalue weighted by Crippen LogP contribution is 2.25. The second-order valence-corrected chi connectivity index (χ2v) is 9.32. The van der Waals surface area contributed by atoms with Gasteiger partial charge in [-0.1, -0.05) is 69.3 Å². The highest BCUT2D eigenvalue weighted by atomic mass is 32.2. The first-order valence-electron chi connectivity index (χ1n) is 10.9. The molecule has 170 valence electrons. The van der Waals surface area contributed by atoms with Crippen LogP contribution in [0.1, 0.15) is 56.9 Å². The molecule has 1 heterocycles. The van der Waals surface area contributed by atoms with E-state index >= 15 is 0 Å². The number of rotatable bonds is 12. The molecule has 0 spiro atoms. The van der Waals surface area contributed by atoms with Crippen molar-refractivity contribution in [1.29, 1.82) is 0 Å². The molecule has 2 rings (SSSR count). The van der Waals surface area contributed by atoms with E-state index in [0.29, 0.717) is 35.3 Å². The molecule has 0 radical (unpaired) electrons. The summed E-state index contributed by atoms with van der Waals surface area (Å²) in [6, 6.07) is 9.87. The van der Waals surface area contributed by atoms with E-state index < -0.39 is 0 Å². The van der Waals surface area contributed by atoms with Crippen LogP contribution < -0.4 is 10.9 Å². The lowest BCUT2D eigenvalue weighted by Gasteiger charge is -2.19. The molecule has 0 saturated heterocycles. The van der Waals surface area contributed by atoms with Crippen molar-refractivity contribution in [2.75, 3.05) is 13.7 Å². The van der Waals surface area contributed by atoms with Gasteiger partial charge in [0.25, 0.3) is 5.56 Å². The molecule has 1 aromatic heterocycles. The quantitative estimate of drug-likeness (QED) is 0.396. The van der Waals surface area contributed by atoms with Gasteiger partial charge in [0.15, 0.2) is 5.16 Å². The lowest BCUT2D eigenvalue weighted by molar-refractivity contribution is -0.120. The zero-order valence-electron chi connectivity index (χ0n) is 19.3. The Morgan fingerprint density at radius 3 is 2.55 bits per heavy atom. The second kappa shape index (κ2) is 12.7. The summed E-state index contributed by atoms with van der Waals surface area (Å²) in [5.74, 6) is 0.539. The minimum Gasteiger partial charge on any atom is -0.378 e. The molecule has 0 aliphatic carbocycles. The Morgan fingerprint density at radius 2 is 1.94 bits per heavy atom. The highest BCUT2D eigenvalue weighted by Gasteiger charge is 2.23. The third kappa shape index (κ3) is 7.51. The topological polar surface area (TPSA) is 73.2 Å². The number of thioether (sulfide) groups is 1. The van der Waals surface area contributed by atoms with Crippen LogP contribution in [0.5, 0.6) is 0 Å². The van der Waals surface area contributed by atoms with E-state index in [0.717, 1.165) is 24.8 Å². The molecule has 31 heavy (non-hydrogen) atoms. The van der Waals surface area contributed by atoms with Gasteiger partial charge in [0.05, 0.1) is 17.6 Å². The second-order valence-electron chi connectivity index (χ2n) is 8.15. The van der Waals surface area contributed by atoms with Crippen LogP contribution in [0.3, 0.4) is 0 Å². The van der Waals surface area contributed by atoms with E-state index in [1.807, 2.05) is 30.3 Å². The van der Waals surface area contributed by atoms with Gasteiger partial charge >= 0.3 is 0 Å². The van der Waals surface area contributed by atoms with Crippen LogP contribution in [0, 0.1) is 5.92 Å². The number of nitrogens with one attached hydrogen (secondary N) is 1. The minimum absolute atomic E-state index is 0.00315. The summed E-state index contributed by atoms with van der Waals surface area (Å²) in [6.45, 7) is 7.25. The molecular weight excluding hydrogens is 410 g/mol. The lowest BCUT2D eigenvalue weighted by Crippen LogP contribution is -2.35. The Bertz CT molecular complexity index is 897. The Morgan fingerprint density at radius 1 is 1.23 bits per heavy atom. The molecule has 1 unspecified atom stereocenters. The number of methoxy groups -OCH3 is 1. The van der Waals surface area contributed by atoms with Crippen LogP contribution >= 0.6 is 11.8 Å². The molecule has 0 aliphatic rings. The van der Waals surface area contributed by atoms with E-state index in [-0.39, 0.29) is 23.3 Å². The predicted molar refractivity (Wildman–Crippen MR) is 126 cm³/mol. The van der Waals surface area contributed by atoms with E-state index in [1.54, 1.807) is 18.7 Å². The molecule has 7 heteroatoms. The molecule has 0 saturated carbocycles. The van der Waals surface area contributed by atoms with Crippen molar-refractivity contribution >= 4 is 17.7 Å². The Kier molecular flexibility index (Phi) is 10.3. The molecule has 0 bridgehead atoms. The summed E-state index contributed by atoms with van der Waals surface area (Å²) >= 11 is 1.36. The van der Waals surface area contributed by atoms with Gasteiger partial charge in [-0.2, -0.15) is 0 Å². The normalized spacial score (nSPS) is 12.2. The third-order valence-electron chi connectivity index (χ3n) is 5.05. The zero-order chi connectivity index (χ0) is 22.8. The van der Waals surface area contributed by atoms with Gasteiger partial charge in [0.2, 0.25) is 5.91 Å². The number of ether oxygens (including phenoxy) is 1. The number of hydrogen-bond donors (Lipinski definition) is 1. The van der Waals surface area contributed by atoms with Crippen molar-refractivity contribution in [3.8, 4) is 0 Å². The summed E-state index contributed by atoms with van der Waals surface area (Å²) < 4.78 is 6.89. The fourth-order valence-electron chi connectivity index (χ4n) is 3.24. The Hall–Kier alpha value is -2.12. The van der Waals surface area contributed by atoms with Crippen molar-refractivity contribution in [3.63, 3.8) is 0 Å². The number of benzene rings is 1. The number of carbonyl (C=O) groups excluding carboxylic acids is 1. The average Bonchev–Trinajstić information content (AvgIpc) is 2.74. The van der Waals surface area contributed by atoms with E-state index in [2.05, 4.69) is 26.1 Å². The average molecular weight is 446 g/mol. The van der Waals surface area contributed by atoms with Gasteiger partial charge in [0, 0.05) is 32.7 Å². The van der Waals surface area contributed by atoms with Crippen molar-refractivity contribution < 1.29 is 9.53 Å². The summed E-state index contributed by atoms with van der Waals surface area (Å²) in [5, 5.41) is 3.30. The number of nitrogens with zero attached hydrogens (tertiary/aromatic N) is 2. The summed E-state index contributed by atoms with van der Waals surface area (Å²) in [5.41, 5.74) is 2.22. The fourth-order valence-corrected chi connectivity index (χ4v) is 4.44. The van der Waals surface area contributed by atoms with Crippen molar-refractivity contribution in [1.82, 2.24) is 14.9 Å². The van der Waals surface area contributed by atoms with Gasteiger partial charge in [0.1, 0.15) is 0 Å². The van der Waals surface area contributed by atoms with Crippen molar-refractivity contribution in [2.24, 2.45) is 13.0 Å². The number of hydrogen-bond acceptors (Lipinski definition) is 5. The maximum atomic E-state index is 13.2. The van der Waals surface area contributed by atoms with Crippen LogP contribution in [0.15, 0.2) is 40.3 Å². The van der Waals surface area contributed by atoms with Crippen LogP contribution in [0.25, 0.3) is 0 Å². The van der Waals surface area contributed by atoms with Gasteiger partial charge in [-0.25, -0.2) is 4.98 Å². The highest BCUT2D eigenvalue weighted by molar-refractivity contribution is 8.00. The molecule has 6 nitrogen and oxygen atoms in total. The summed E-state index contributed by atoms with van der Waals surface area (Å²) in [7, 11) is 3.32. The number of carbonyl (C=O) groups is 1. The largest absolute Gasteiger partial charge is 0.378 e. The van der Waals surface area contributed by atoms with Gasteiger partial charge < -0.3 is 10.1 Å². The zero-order valence-corrected chi connectivity index (χ0v) is 20.1. The lowest BCUT2D eigenvalue weighted by atomic mass is 10.0. The first-order valence-corrected chi connectivity index (χ1v) is 11.8. The number of amides is 1. The Labute approximate surface area is 189 Å². The standard InChI is InChI=1S/C24H35N3O3S/c1-6-10-21(22(28)25-14-13-17(2)3)31-24-26-20(16-30-5)19(23(29)27(24)4)15-18-11-8-7-9-12-18/h7-9,11-12,17,21H,6,10,13-16H2,1-5H3,(H,25,28). The maximum absolute atomic E-state index is 13.2. The van der Waals surface area contributed by atoms with Crippen molar-refractivity contribution in [3.05, 3.63) is 57.5 Å². The fraction of sp³-hybridized carbons (Fsp3) is 0.542. The van der Waals surface area contributed by atoms with Crippen LogP contribution in [0.4, 0.5) is 0 Å². The van der Waals surface area contributed by atoms with E-state index in [4.69, 9.17) is 9.72 Å². The monoisotopic (exact) mass is 445 g/mol. The molecular formula is C24H35N3O3S. The van der Waals surface area contributed by atoms with E-state index in [1.165, 1.54) is 11.8 Å². The molecule has 1 amide bonds. The maximum Gasteiger partial charge on any atom is 0.257 e.